The first-order valence-electron chi connectivity index (χ1n) is 2.12. The van der Waals surface area contributed by atoms with Crippen LogP contribution in [0.25, 0.3) is 0 Å². The van der Waals surface area contributed by atoms with E-state index in [4.69, 9.17) is 0 Å². The molecule has 0 bridgehead atoms. The molecule has 0 atom stereocenters. The maximum Gasteiger partial charge on any atom is 0.101 e. The molecule has 0 aliphatic rings. The fraction of sp³-hybridized carbons (Fsp3) is 0. The Morgan fingerprint density at radius 1 is 1.62 bits per heavy atom. The summed E-state index contributed by atoms with van der Waals surface area (Å²) in [6.45, 7) is 0. The molecule has 1 nitrogen and oxygen atoms in total. The minimum atomic E-state index is 1.01. The highest BCUT2D eigenvalue weighted by Gasteiger charge is 1.84. The summed E-state index contributed by atoms with van der Waals surface area (Å²) in [5.74, 6) is 0. The van der Waals surface area contributed by atoms with Gasteiger partial charge in [-0.2, -0.15) is 0 Å². The Hall–Kier alpha value is 0.0969. The zero-order valence-electron chi connectivity index (χ0n) is 4.06. The van der Waals surface area contributed by atoms with Crippen LogP contribution in [0.3, 0.4) is 0 Å². The van der Waals surface area contributed by atoms with Crippen LogP contribution in [0.15, 0.2) is 18.3 Å². The van der Waals surface area contributed by atoms with Crippen molar-refractivity contribution in [1.29, 1.82) is 0 Å². The number of hydrogen-bond donors (Lipinski definition) is 0. The van der Waals surface area contributed by atoms with Gasteiger partial charge in [0, 0.05) is 6.20 Å². The molecule has 0 N–H and O–H groups in total. The Bertz CT molecular complexity index is 172. The highest BCUT2D eigenvalue weighted by Crippen LogP contribution is 1.93. The van der Waals surface area contributed by atoms with Crippen LogP contribution in [0.1, 0.15) is 0 Å². The van der Waals surface area contributed by atoms with Crippen molar-refractivity contribution in [2.24, 2.45) is 0 Å². The summed E-state index contributed by atoms with van der Waals surface area (Å²) in [6, 6.07) is 3.86. The molecular formula is C5H3INSi. The lowest BCUT2D eigenvalue weighted by atomic mass is 10.5. The van der Waals surface area contributed by atoms with Crippen LogP contribution in [0.4, 0.5) is 0 Å². The van der Waals surface area contributed by atoms with E-state index in [1.807, 2.05) is 12.1 Å². The average Bonchev–Trinajstić information content (AvgIpc) is 1.64. The zero-order valence-corrected chi connectivity index (χ0v) is 7.21. The zero-order chi connectivity index (χ0) is 5.98. The van der Waals surface area contributed by atoms with E-state index in [1.165, 1.54) is 0 Å². The van der Waals surface area contributed by atoms with Crippen molar-refractivity contribution in [2.75, 3.05) is 0 Å². The first-order valence-corrected chi connectivity index (χ1v) is 3.70. The Balaban J connectivity index is 3.08. The Morgan fingerprint density at radius 2 is 2.38 bits per heavy atom. The van der Waals surface area contributed by atoms with E-state index < -0.39 is 0 Å². The molecule has 1 aromatic heterocycles. The summed E-state index contributed by atoms with van der Waals surface area (Å²) in [6.07, 6.45) is 1.77. The van der Waals surface area contributed by atoms with E-state index in [0.717, 1.165) is 8.89 Å². The van der Waals surface area contributed by atoms with E-state index in [2.05, 4.69) is 37.8 Å². The van der Waals surface area contributed by atoms with Crippen LogP contribution in [0, 0.1) is 3.70 Å². The van der Waals surface area contributed by atoms with Crippen molar-refractivity contribution < 1.29 is 0 Å². The van der Waals surface area contributed by atoms with Gasteiger partial charge in [0.2, 0.25) is 0 Å². The van der Waals surface area contributed by atoms with Gasteiger partial charge in [-0.15, -0.1) is 0 Å². The molecule has 3 heteroatoms. The molecule has 3 radical (unpaired) electrons. The Kier molecular flexibility index (Phi) is 2.01. The van der Waals surface area contributed by atoms with E-state index in [-0.39, 0.29) is 0 Å². The molecule has 0 aromatic carbocycles. The molecule has 0 spiro atoms. The first-order chi connectivity index (χ1) is 3.79. The SMILES string of the molecule is [Si]c1ccnc(I)c1. The smallest absolute Gasteiger partial charge is 0.101 e. The van der Waals surface area contributed by atoms with Crippen molar-refractivity contribution in [1.82, 2.24) is 4.98 Å². The fourth-order valence-electron chi connectivity index (χ4n) is 0.402. The number of rotatable bonds is 0. The highest BCUT2D eigenvalue weighted by molar-refractivity contribution is 14.1. The quantitative estimate of drug-likeness (QED) is 0.360. The largest absolute Gasteiger partial charge is 0.250 e. The summed E-state index contributed by atoms with van der Waals surface area (Å²) in [7, 11) is 3.36. The van der Waals surface area contributed by atoms with Gasteiger partial charge in [0.05, 0.1) is 10.2 Å². The van der Waals surface area contributed by atoms with Crippen LogP contribution in [0.2, 0.25) is 0 Å². The summed E-state index contributed by atoms with van der Waals surface area (Å²) in [5, 5.41) is 1.07. The molecule has 8 heavy (non-hydrogen) atoms. The lowest BCUT2D eigenvalue weighted by Gasteiger charge is -1.88. The molecule has 0 fully saturated rings. The molecule has 0 amide bonds. The van der Waals surface area contributed by atoms with E-state index in [9.17, 15) is 0 Å². The van der Waals surface area contributed by atoms with Crippen LogP contribution < -0.4 is 5.19 Å². The summed E-state index contributed by atoms with van der Waals surface area (Å²) < 4.78 is 1.01. The van der Waals surface area contributed by atoms with Gasteiger partial charge >= 0.3 is 0 Å². The van der Waals surface area contributed by atoms with Crippen LogP contribution in [-0.2, 0) is 0 Å². The normalized spacial score (nSPS) is 9.25. The van der Waals surface area contributed by atoms with Gasteiger partial charge in [-0.3, -0.25) is 4.98 Å². The third-order valence-corrected chi connectivity index (χ3v) is 1.63. The van der Waals surface area contributed by atoms with E-state index >= 15 is 0 Å². The molecule has 0 aliphatic carbocycles. The molecule has 39 valence electrons. The molecule has 1 rings (SSSR count). The molecule has 0 saturated heterocycles. The van der Waals surface area contributed by atoms with Crippen molar-refractivity contribution in [3.63, 3.8) is 0 Å². The maximum atomic E-state index is 4.00. The monoisotopic (exact) mass is 232 g/mol. The molecule has 0 aliphatic heterocycles. The number of nitrogens with zero attached hydrogens (tertiary/aromatic N) is 1. The predicted octanol–water partition coefficient (Wildman–Crippen LogP) is 0.480. The molecule has 1 aromatic rings. The predicted molar refractivity (Wildman–Crippen MR) is 42.3 cm³/mol. The lowest BCUT2D eigenvalue weighted by molar-refractivity contribution is 1.29. The van der Waals surface area contributed by atoms with Crippen LogP contribution in [-0.4, -0.2) is 15.2 Å². The van der Waals surface area contributed by atoms with Crippen molar-refractivity contribution in [3.8, 4) is 0 Å². The Morgan fingerprint density at radius 3 is 2.75 bits per heavy atom. The standard InChI is InChI=1S/C5H3INSi/c6-5-3-4(8)1-2-7-5/h1-3H. The van der Waals surface area contributed by atoms with Crippen molar-refractivity contribution >= 4 is 38.0 Å². The number of hydrogen-bond acceptors (Lipinski definition) is 1. The third-order valence-electron chi connectivity index (χ3n) is 0.727. The summed E-state index contributed by atoms with van der Waals surface area (Å²) in [5.41, 5.74) is 0. The molecule has 1 heterocycles. The van der Waals surface area contributed by atoms with Crippen LogP contribution >= 0.6 is 22.6 Å². The minimum absolute atomic E-state index is 1.01. The average molecular weight is 232 g/mol. The van der Waals surface area contributed by atoms with E-state index in [1.54, 1.807) is 6.20 Å². The van der Waals surface area contributed by atoms with Crippen molar-refractivity contribution in [3.05, 3.63) is 22.0 Å². The van der Waals surface area contributed by atoms with E-state index in [0.29, 0.717) is 0 Å². The molecule has 0 saturated carbocycles. The van der Waals surface area contributed by atoms with Gasteiger partial charge in [-0.1, -0.05) is 5.19 Å². The fourth-order valence-corrected chi connectivity index (χ4v) is 1.40. The van der Waals surface area contributed by atoms with Gasteiger partial charge < -0.3 is 0 Å². The van der Waals surface area contributed by atoms with Gasteiger partial charge in [0.25, 0.3) is 0 Å². The maximum absolute atomic E-state index is 4.00. The second-order valence-corrected chi connectivity index (χ2v) is 3.05. The molecular weight excluding hydrogens is 229 g/mol. The second-order valence-electron chi connectivity index (χ2n) is 1.37. The number of halogens is 1. The second kappa shape index (κ2) is 2.59. The third kappa shape index (κ3) is 1.55. The molecule has 0 unspecified atom stereocenters. The van der Waals surface area contributed by atoms with Gasteiger partial charge in [0.15, 0.2) is 0 Å². The van der Waals surface area contributed by atoms with Gasteiger partial charge in [-0.25, -0.2) is 0 Å². The summed E-state index contributed by atoms with van der Waals surface area (Å²) in [4.78, 5) is 4.00. The highest BCUT2D eigenvalue weighted by atomic mass is 127. The number of pyridine rings is 1. The Labute approximate surface area is 65.1 Å². The van der Waals surface area contributed by atoms with Gasteiger partial charge in [-0.05, 0) is 34.7 Å². The lowest BCUT2D eigenvalue weighted by Crippen LogP contribution is -2.01. The van der Waals surface area contributed by atoms with Gasteiger partial charge in [0.1, 0.15) is 3.70 Å². The summed E-state index contributed by atoms with van der Waals surface area (Å²) >= 11 is 2.16. The van der Waals surface area contributed by atoms with Crippen molar-refractivity contribution in [2.45, 2.75) is 0 Å². The first kappa shape index (κ1) is 6.22. The topological polar surface area (TPSA) is 12.9 Å². The number of aromatic nitrogens is 1. The minimum Gasteiger partial charge on any atom is -0.250 e. The van der Waals surface area contributed by atoms with Crippen LogP contribution in [0.5, 0.6) is 0 Å².